The zero-order valence-electron chi connectivity index (χ0n) is 20.4. The Morgan fingerprint density at radius 3 is 2.44 bits per heavy atom. The van der Waals surface area contributed by atoms with Crippen LogP contribution in [0.25, 0.3) is 10.9 Å². The summed E-state index contributed by atoms with van der Waals surface area (Å²) in [6.07, 6.45) is 4.00. The first kappa shape index (κ1) is 22.7. The minimum absolute atomic E-state index is 0.178. The van der Waals surface area contributed by atoms with E-state index in [1.807, 2.05) is 17.0 Å². The summed E-state index contributed by atoms with van der Waals surface area (Å²) in [5.74, 6) is 0.761. The molecule has 182 valence electrons. The quantitative estimate of drug-likeness (QED) is 0.725. The Bertz CT molecular complexity index is 1160. The van der Waals surface area contributed by atoms with Crippen LogP contribution >= 0.6 is 0 Å². The van der Waals surface area contributed by atoms with E-state index in [-0.39, 0.29) is 23.1 Å². The van der Waals surface area contributed by atoms with Crippen molar-refractivity contribution >= 4 is 28.8 Å². The molecule has 1 aromatic carbocycles. The van der Waals surface area contributed by atoms with Crippen LogP contribution in [0.3, 0.4) is 0 Å². The Labute approximate surface area is 199 Å². The number of hydrogen-bond acceptors (Lipinski definition) is 5. The molecule has 1 N–H and O–H groups in total. The van der Waals surface area contributed by atoms with Crippen molar-refractivity contribution in [2.75, 3.05) is 26.7 Å². The highest BCUT2D eigenvalue weighted by molar-refractivity contribution is 6.08. The van der Waals surface area contributed by atoms with Crippen molar-refractivity contribution in [3.63, 3.8) is 0 Å². The van der Waals surface area contributed by atoms with Gasteiger partial charge in [-0.1, -0.05) is 6.42 Å². The van der Waals surface area contributed by atoms with E-state index < -0.39 is 11.7 Å². The molecule has 0 atom stereocenters. The molecule has 0 radical (unpaired) electrons. The lowest BCUT2D eigenvalue weighted by atomic mass is 9.69. The van der Waals surface area contributed by atoms with Gasteiger partial charge in [-0.25, -0.2) is 9.36 Å². The third kappa shape index (κ3) is 3.63. The number of fused-ring (bicyclic) bond motifs is 4. The molecule has 1 aliphatic carbocycles. The number of amides is 2. The van der Waals surface area contributed by atoms with Gasteiger partial charge in [0.2, 0.25) is 5.91 Å². The topological polar surface area (TPSA) is 89.9 Å². The Kier molecular flexibility index (Phi) is 5.37. The molecule has 8 nitrogen and oxygen atoms in total. The number of methoxy groups -OCH3 is 1. The summed E-state index contributed by atoms with van der Waals surface area (Å²) in [7, 11) is 1.57. The van der Waals surface area contributed by atoms with Crippen molar-refractivity contribution in [1.82, 2.24) is 14.8 Å². The largest absolute Gasteiger partial charge is 0.497 e. The minimum Gasteiger partial charge on any atom is -0.497 e. The molecular weight excluding hydrogens is 434 g/mol. The van der Waals surface area contributed by atoms with E-state index >= 15 is 0 Å². The number of carbonyl (C=O) groups is 3. The van der Waals surface area contributed by atoms with Crippen molar-refractivity contribution in [2.24, 2.45) is 5.92 Å². The number of nitrogens with zero attached hydrogens (tertiary/aromatic N) is 2. The van der Waals surface area contributed by atoms with Gasteiger partial charge < -0.3 is 19.7 Å². The molecule has 1 aromatic heterocycles. The van der Waals surface area contributed by atoms with Gasteiger partial charge in [-0.2, -0.15) is 0 Å². The number of aromatic nitrogens is 1. The number of ether oxygens (including phenoxy) is 2. The fourth-order valence-electron chi connectivity index (χ4n) is 5.56. The molecule has 0 unspecified atom stereocenters. The van der Waals surface area contributed by atoms with Crippen LogP contribution in [0.4, 0.5) is 4.79 Å². The van der Waals surface area contributed by atoms with Gasteiger partial charge in [-0.3, -0.25) is 9.59 Å². The maximum absolute atomic E-state index is 13.3. The van der Waals surface area contributed by atoms with Crippen LogP contribution in [-0.2, 0) is 14.9 Å². The maximum Gasteiger partial charge on any atom is 0.419 e. The van der Waals surface area contributed by atoms with Crippen LogP contribution in [0.5, 0.6) is 5.75 Å². The predicted octanol–water partition coefficient (Wildman–Crippen LogP) is 3.84. The third-order valence-corrected chi connectivity index (χ3v) is 7.57. The summed E-state index contributed by atoms with van der Waals surface area (Å²) in [5, 5.41) is 3.89. The SMILES string of the molecule is COc1ccc2c3c(n(C(=O)OC(C)(C)C)c2c1)C(=O)NCC31CCN(C(=O)C2CCC2)CC1. The Morgan fingerprint density at radius 2 is 1.85 bits per heavy atom. The summed E-state index contributed by atoms with van der Waals surface area (Å²) < 4.78 is 12.5. The van der Waals surface area contributed by atoms with Crippen LogP contribution in [0.2, 0.25) is 0 Å². The van der Waals surface area contributed by atoms with E-state index in [1.165, 1.54) is 4.57 Å². The van der Waals surface area contributed by atoms with E-state index in [1.54, 1.807) is 33.9 Å². The molecule has 2 aliphatic heterocycles. The highest BCUT2D eigenvalue weighted by atomic mass is 16.6. The van der Waals surface area contributed by atoms with Gasteiger partial charge >= 0.3 is 6.09 Å². The number of hydrogen-bond donors (Lipinski definition) is 1. The van der Waals surface area contributed by atoms with E-state index in [2.05, 4.69) is 5.32 Å². The van der Waals surface area contributed by atoms with Crippen LogP contribution in [-0.4, -0.2) is 59.7 Å². The van der Waals surface area contributed by atoms with Gasteiger partial charge in [0.1, 0.15) is 17.0 Å². The van der Waals surface area contributed by atoms with E-state index in [9.17, 15) is 14.4 Å². The first-order valence-electron chi connectivity index (χ1n) is 12.2. The fraction of sp³-hybridized carbons (Fsp3) is 0.577. The monoisotopic (exact) mass is 467 g/mol. The Balaban J connectivity index is 1.60. The number of likely N-dealkylation sites (tertiary alicyclic amines) is 1. The first-order valence-corrected chi connectivity index (χ1v) is 12.2. The molecule has 2 fully saturated rings. The molecule has 5 rings (SSSR count). The number of nitrogens with one attached hydrogen (secondary N) is 1. The average Bonchev–Trinajstić information content (AvgIpc) is 3.10. The molecule has 2 amide bonds. The molecular formula is C26H33N3O5. The molecule has 2 aromatic rings. The maximum atomic E-state index is 13.3. The van der Waals surface area contributed by atoms with Gasteiger partial charge in [-0.05, 0) is 64.2 Å². The van der Waals surface area contributed by atoms with Crippen LogP contribution in [0.15, 0.2) is 18.2 Å². The standard InChI is InChI=1S/C26H33N3O5/c1-25(2,3)34-24(32)29-19-14-17(33-4)8-9-18(19)20-21(29)22(30)27-15-26(20)10-12-28(13-11-26)23(31)16-6-5-7-16/h8-9,14,16H,5-7,10-13,15H2,1-4H3,(H,27,30). The van der Waals surface area contributed by atoms with Crippen molar-refractivity contribution in [1.29, 1.82) is 0 Å². The van der Waals surface area contributed by atoms with Crippen LogP contribution in [0, 0.1) is 5.92 Å². The Hall–Kier alpha value is -3.03. The summed E-state index contributed by atoms with van der Waals surface area (Å²) in [6, 6.07) is 5.57. The fourth-order valence-corrected chi connectivity index (χ4v) is 5.56. The number of rotatable bonds is 2. The number of piperidine rings is 1. The molecule has 3 aliphatic rings. The van der Waals surface area contributed by atoms with Crippen LogP contribution in [0.1, 0.15) is 68.9 Å². The molecule has 34 heavy (non-hydrogen) atoms. The second-order valence-corrected chi connectivity index (χ2v) is 10.8. The smallest absolute Gasteiger partial charge is 0.419 e. The van der Waals surface area contributed by atoms with Gasteiger partial charge in [-0.15, -0.1) is 0 Å². The molecule has 3 heterocycles. The minimum atomic E-state index is -0.713. The van der Waals surface area contributed by atoms with E-state index in [0.29, 0.717) is 36.6 Å². The number of carbonyl (C=O) groups excluding carboxylic acids is 3. The molecule has 1 saturated heterocycles. The molecule has 1 spiro atoms. The third-order valence-electron chi connectivity index (χ3n) is 7.57. The highest BCUT2D eigenvalue weighted by Crippen LogP contribution is 2.45. The molecule has 0 bridgehead atoms. The predicted molar refractivity (Wildman–Crippen MR) is 127 cm³/mol. The number of benzene rings is 1. The normalized spacial score (nSPS) is 20.0. The summed E-state index contributed by atoms with van der Waals surface area (Å²) in [6.45, 7) is 7.21. The lowest BCUT2D eigenvalue weighted by Gasteiger charge is -2.45. The van der Waals surface area contributed by atoms with Crippen molar-refractivity contribution in [3.05, 3.63) is 29.5 Å². The van der Waals surface area contributed by atoms with Crippen molar-refractivity contribution in [2.45, 2.75) is 63.9 Å². The van der Waals surface area contributed by atoms with Gasteiger partial charge in [0.25, 0.3) is 5.91 Å². The molecule has 1 saturated carbocycles. The summed E-state index contributed by atoms with van der Waals surface area (Å²) in [4.78, 5) is 41.4. The zero-order valence-corrected chi connectivity index (χ0v) is 20.4. The van der Waals surface area contributed by atoms with E-state index in [0.717, 1.165) is 43.1 Å². The lowest BCUT2D eigenvalue weighted by molar-refractivity contribution is -0.139. The van der Waals surface area contributed by atoms with Gasteiger partial charge in [0, 0.05) is 42.4 Å². The van der Waals surface area contributed by atoms with Gasteiger partial charge in [0.05, 0.1) is 12.6 Å². The highest BCUT2D eigenvalue weighted by Gasteiger charge is 2.47. The van der Waals surface area contributed by atoms with Gasteiger partial charge in [0.15, 0.2) is 0 Å². The summed E-state index contributed by atoms with van der Waals surface area (Å²) in [5.41, 5.74) is 0.760. The lowest BCUT2D eigenvalue weighted by Crippen LogP contribution is -2.55. The molecule has 8 heteroatoms. The van der Waals surface area contributed by atoms with E-state index in [4.69, 9.17) is 9.47 Å². The van der Waals surface area contributed by atoms with Crippen molar-refractivity contribution in [3.8, 4) is 5.75 Å². The second-order valence-electron chi connectivity index (χ2n) is 10.8. The van der Waals surface area contributed by atoms with Crippen molar-refractivity contribution < 1.29 is 23.9 Å². The summed E-state index contributed by atoms with van der Waals surface area (Å²) >= 11 is 0. The zero-order chi connectivity index (χ0) is 24.3. The first-order chi connectivity index (χ1) is 16.1. The average molecular weight is 468 g/mol. The second kappa shape index (κ2) is 8.03. The Morgan fingerprint density at radius 1 is 1.15 bits per heavy atom. The van der Waals surface area contributed by atoms with Crippen LogP contribution < -0.4 is 10.1 Å².